The number of aliphatic imine (C=N–C) groups is 1. The summed E-state index contributed by atoms with van der Waals surface area (Å²) < 4.78 is 11.4. The van der Waals surface area contributed by atoms with Gasteiger partial charge < -0.3 is 19.4 Å². The van der Waals surface area contributed by atoms with E-state index < -0.39 is 0 Å². The highest BCUT2D eigenvalue weighted by Gasteiger charge is 2.25. The number of nitrogens with zero attached hydrogens (tertiary/aromatic N) is 4. The summed E-state index contributed by atoms with van der Waals surface area (Å²) in [6, 6.07) is 10.2. The van der Waals surface area contributed by atoms with Crippen molar-refractivity contribution in [3.8, 4) is 11.6 Å². The molecular formula is C22H29IN6O2. The summed E-state index contributed by atoms with van der Waals surface area (Å²) in [5, 5.41) is 10.5. The van der Waals surface area contributed by atoms with Crippen LogP contribution in [0.25, 0.3) is 11.6 Å². The molecule has 0 radical (unpaired) electrons. The normalized spacial score (nSPS) is 16.8. The summed E-state index contributed by atoms with van der Waals surface area (Å²) in [5.74, 6) is 2.72. The zero-order chi connectivity index (χ0) is 20.9. The third-order valence-electron chi connectivity index (χ3n) is 5.12. The molecule has 1 saturated heterocycles. The Kier molecular flexibility index (Phi) is 8.08. The molecule has 4 rings (SSSR count). The molecule has 3 aromatic rings. The van der Waals surface area contributed by atoms with Crippen LogP contribution in [-0.2, 0) is 11.3 Å². The van der Waals surface area contributed by atoms with Gasteiger partial charge in [-0.05, 0) is 44.0 Å². The van der Waals surface area contributed by atoms with E-state index in [0.29, 0.717) is 30.6 Å². The number of guanidine groups is 1. The van der Waals surface area contributed by atoms with E-state index in [9.17, 15) is 0 Å². The predicted octanol–water partition coefficient (Wildman–Crippen LogP) is 3.84. The lowest BCUT2D eigenvalue weighted by Crippen LogP contribution is -2.48. The molecule has 166 valence electrons. The van der Waals surface area contributed by atoms with Crippen molar-refractivity contribution in [2.24, 2.45) is 4.99 Å². The molecule has 1 unspecified atom stereocenters. The average molecular weight is 536 g/mol. The molecule has 0 amide bonds. The van der Waals surface area contributed by atoms with Gasteiger partial charge in [0.05, 0.1) is 19.4 Å². The highest BCUT2D eigenvalue weighted by Crippen LogP contribution is 2.26. The van der Waals surface area contributed by atoms with Gasteiger partial charge in [0.2, 0.25) is 5.82 Å². The highest BCUT2D eigenvalue weighted by molar-refractivity contribution is 14.0. The minimum atomic E-state index is 0. The first-order valence-corrected chi connectivity index (χ1v) is 10.3. The summed E-state index contributed by atoms with van der Waals surface area (Å²) in [6.07, 6.45) is 1.64. The van der Waals surface area contributed by atoms with E-state index in [1.54, 1.807) is 6.26 Å². The Balaban J connectivity index is 0.00000272. The lowest BCUT2D eigenvalue weighted by Gasteiger charge is -2.35. The molecule has 9 heteroatoms. The van der Waals surface area contributed by atoms with Crippen molar-refractivity contribution < 1.29 is 9.15 Å². The Labute approximate surface area is 199 Å². The van der Waals surface area contributed by atoms with Crippen LogP contribution in [0.5, 0.6) is 0 Å². The first kappa shape index (κ1) is 23.3. The van der Waals surface area contributed by atoms with Crippen LogP contribution in [0.15, 0.2) is 46.0 Å². The van der Waals surface area contributed by atoms with Crippen molar-refractivity contribution in [2.75, 3.05) is 26.2 Å². The van der Waals surface area contributed by atoms with E-state index in [1.165, 1.54) is 16.7 Å². The number of hydrogen-bond donors (Lipinski definition) is 2. The first-order valence-electron chi connectivity index (χ1n) is 10.3. The third-order valence-corrected chi connectivity index (χ3v) is 5.12. The number of H-pyrrole nitrogens is 1. The Morgan fingerprint density at radius 2 is 2.19 bits per heavy atom. The van der Waals surface area contributed by atoms with Gasteiger partial charge in [0.15, 0.2) is 11.7 Å². The van der Waals surface area contributed by atoms with Crippen LogP contribution in [0.2, 0.25) is 0 Å². The van der Waals surface area contributed by atoms with E-state index in [2.05, 4.69) is 64.4 Å². The fraction of sp³-hybridized carbons (Fsp3) is 0.409. The quantitative estimate of drug-likeness (QED) is 0.293. The standard InChI is InChI=1S/C22H28N6O2.HI/c1-4-23-22(24-13-20-25-21(27-26-20)18-6-5-10-29-18)28-9-11-30-19(14-28)17-8-7-15(2)12-16(17)3;/h5-8,10,12,19H,4,9,11,13-14H2,1-3H3,(H,23,24)(H,25,26,27);1H. The van der Waals surface area contributed by atoms with Gasteiger partial charge in [0, 0.05) is 13.1 Å². The highest BCUT2D eigenvalue weighted by atomic mass is 127. The van der Waals surface area contributed by atoms with Gasteiger partial charge >= 0.3 is 0 Å². The predicted molar refractivity (Wildman–Crippen MR) is 130 cm³/mol. The summed E-state index contributed by atoms with van der Waals surface area (Å²) >= 11 is 0. The van der Waals surface area contributed by atoms with Crippen molar-refractivity contribution in [1.29, 1.82) is 0 Å². The fourth-order valence-electron chi connectivity index (χ4n) is 3.67. The molecular weight excluding hydrogens is 507 g/mol. The Morgan fingerprint density at radius 3 is 2.94 bits per heavy atom. The number of furan rings is 1. The van der Waals surface area contributed by atoms with Gasteiger partial charge in [0.1, 0.15) is 18.5 Å². The molecule has 0 saturated carbocycles. The van der Waals surface area contributed by atoms with Crippen molar-refractivity contribution in [1.82, 2.24) is 25.4 Å². The van der Waals surface area contributed by atoms with Crippen LogP contribution in [0.4, 0.5) is 0 Å². The van der Waals surface area contributed by atoms with Crippen molar-refractivity contribution in [3.63, 3.8) is 0 Å². The van der Waals surface area contributed by atoms with Gasteiger partial charge in [-0.2, -0.15) is 0 Å². The molecule has 3 heterocycles. The third kappa shape index (κ3) is 5.65. The zero-order valence-corrected chi connectivity index (χ0v) is 20.4. The second-order valence-electron chi connectivity index (χ2n) is 7.42. The maximum absolute atomic E-state index is 6.09. The molecule has 2 N–H and O–H groups in total. The average Bonchev–Trinajstić information content (AvgIpc) is 3.43. The zero-order valence-electron chi connectivity index (χ0n) is 18.1. The number of aromatic nitrogens is 3. The van der Waals surface area contributed by atoms with Gasteiger partial charge in [-0.3, -0.25) is 5.10 Å². The molecule has 8 nitrogen and oxygen atoms in total. The minimum Gasteiger partial charge on any atom is -0.461 e. The van der Waals surface area contributed by atoms with Crippen LogP contribution < -0.4 is 5.32 Å². The lowest BCUT2D eigenvalue weighted by atomic mass is 10.00. The van der Waals surface area contributed by atoms with Crippen molar-refractivity contribution in [2.45, 2.75) is 33.4 Å². The minimum absolute atomic E-state index is 0. The molecule has 1 fully saturated rings. The van der Waals surface area contributed by atoms with Crippen LogP contribution in [0, 0.1) is 13.8 Å². The number of nitrogens with one attached hydrogen (secondary N) is 2. The van der Waals surface area contributed by atoms with Gasteiger partial charge in [0.25, 0.3) is 0 Å². The number of rotatable bonds is 5. The number of hydrogen-bond acceptors (Lipinski definition) is 5. The monoisotopic (exact) mass is 536 g/mol. The van der Waals surface area contributed by atoms with Gasteiger partial charge in [-0.25, -0.2) is 9.98 Å². The maximum Gasteiger partial charge on any atom is 0.216 e. The van der Waals surface area contributed by atoms with Gasteiger partial charge in [-0.1, -0.05) is 23.8 Å². The van der Waals surface area contributed by atoms with E-state index in [-0.39, 0.29) is 30.1 Å². The summed E-state index contributed by atoms with van der Waals surface area (Å²) in [4.78, 5) is 11.5. The summed E-state index contributed by atoms with van der Waals surface area (Å²) in [6.45, 7) is 9.73. The van der Waals surface area contributed by atoms with Crippen LogP contribution in [0.1, 0.15) is 35.5 Å². The number of halogens is 1. The number of aryl methyl sites for hydroxylation is 2. The molecule has 1 aromatic carbocycles. The second kappa shape index (κ2) is 10.8. The first-order chi connectivity index (χ1) is 14.6. The number of benzene rings is 1. The molecule has 0 bridgehead atoms. The topological polar surface area (TPSA) is 91.6 Å². The maximum atomic E-state index is 6.09. The van der Waals surface area contributed by atoms with Crippen molar-refractivity contribution in [3.05, 3.63) is 59.1 Å². The molecule has 0 spiro atoms. The Bertz CT molecular complexity index is 1000. The number of ether oxygens (including phenoxy) is 1. The molecule has 1 atom stereocenters. The Morgan fingerprint density at radius 1 is 1.32 bits per heavy atom. The second-order valence-corrected chi connectivity index (χ2v) is 7.42. The SMILES string of the molecule is CCNC(=NCc1nc(-c2ccco2)n[nH]1)N1CCOC(c2ccc(C)cc2C)C1.I. The molecule has 2 aromatic heterocycles. The number of aromatic amines is 1. The number of morpholine rings is 1. The van der Waals surface area contributed by atoms with E-state index >= 15 is 0 Å². The summed E-state index contributed by atoms with van der Waals surface area (Å²) in [7, 11) is 0. The molecule has 31 heavy (non-hydrogen) atoms. The van der Waals surface area contributed by atoms with E-state index in [0.717, 1.165) is 25.6 Å². The Hall–Kier alpha value is -2.40. The molecule has 1 aliphatic rings. The van der Waals surface area contributed by atoms with Crippen molar-refractivity contribution >= 4 is 29.9 Å². The van der Waals surface area contributed by atoms with Crippen LogP contribution in [-0.4, -0.2) is 52.3 Å². The fourth-order valence-corrected chi connectivity index (χ4v) is 3.67. The lowest BCUT2D eigenvalue weighted by molar-refractivity contribution is -0.00834. The largest absolute Gasteiger partial charge is 0.461 e. The van der Waals surface area contributed by atoms with Crippen LogP contribution >= 0.6 is 24.0 Å². The molecule has 0 aliphatic carbocycles. The summed E-state index contributed by atoms with van der Waals surface area (Å²) in [5.41, 5.74) is 3.76. The van der Waals surface area contributed by atoms with E-state index in [4.69, 9.17) is 14.1 Å². The van der Waals surface area contributed by atoms with E-state index in [1.807, 2.05) is 12.1 Å². The smallest absolute Gasteiger partial charge is 0.216 e. The van der Waals surface area contributed by atoms with Crippen LogP contribution in [0.3, 0.4) is 0 Å². The molecule has 1 aliphatic heterocycles. The van der Waals surface area contributed by atoms with Gasteiger partial charge in [-0.15, -0.1) is 29.1 Å².